The van der Waals surface area contributed by atoms with Crippen molar-refractivity contribution >= 4 is 21.9 Å². The minimum absolute atomic E-state index is 0.316. The Morgan fingerprint density at radius 2 is 1.87 bits per heavy atom. The maximum atomic E-state index is 12.9. The average Bonchev–Trinajstić information content (AvgIpc) is 2.06. The van der Waals surface area contributed by atoms with Crippen LogP contribution in [0.3, 0.4) is 0 Å². The van der Waals surface area contributed by atoms with E-state index in [0.717, 1.165) is 0 Å². The third-order valence-electron chi connectivity index (χ3n) is 1.59. The molecule has 1 aromatic carbocycles. The fraction of sp³-hybridized carbons (Fsp3) is 0.125. The van der Waals surface area contributed by atoms with E-state index in [0.29, 0.717) is 12.1 Å². The van der Waals surface area contributed by atoms with E-state index in [1.54, 1.807) is 0 Å². The van der Waals surface area contributed by atoms with Crippen LogP contribution in [0.2, 0.25) is 0 Å². The number of benzene rings is 1. The molecule has 0 fully saturated rings. The van der Waals surface area contributed by atoms with Crippen LogP contribution in [-0.2, 0) is 6.18 Å². The Kier molecular flexibility index (Phi) is 3.03. The number of rotatable bonds is 1. The molecule has 0 unspecified atom stereocenters. The van der Waals surface area contributed by atoms with E-state index < -0.39 is 29.1 Å². The topological polar surface area (TPSA) is 37.3 Å². The van der Waals surface area contributed by atoms with Crippen molar-refractivity contribution in [1.82, 2.24) is 0 Å². The molecule has 0 amide bonds. The summed E-state index contributed by atoms with van der Waals surface area (Å²) in [7, 11) is 0. The van der Waals surface area contributed by atoms with Crippen molar-refractivity contribution in [3.63, 3.8) is 0 Å². The van der Waals surface area contributed by atoms with E-state index in [-0.39, 0.29) is 4.47 Å². The van der Waals surface area contributed by atoms with Crippen LogP contribution in [0.4, 0.5) is 17.6 Å². The smallest absolute Gasteiger partial charge is 0.419 e. The van der Waals surface area contributed by atoms with Crippen LogP contribution in [0.5, 0.6) is 0 Å². The van der Waals surface area contributed by atoms with E-state index in [2.05, 4.69) is 15.9 Å². The van der Waals surface area contributed by atoms with Gasteiger partial charge in [0.15, 0.2) is 0 Å². The molecule has 0 aliphatic heterocycles. The van der Waals surface area contributed by atoms with Gasteiger partial charge in [0.05, 0.1) is 11.1 Å². The van der Waals surface area contributed by atoms with Crippen molar-refractivity contribution in [2.24, 2.45) is 0 Å². The summed E-state index contributed by atoms with van der Waals surface area (Å²) in [5, 5.41) is 8.51. The first kappa shape index (κ1) is 12.0. The molecule has 0 bridgehead atoms. The molecule has 0 saturated carbocycles. The van der Waals surface area contributed by atoms with Gasteiger partial charge in [-0.3, -0.25) is 0 Å². The molecule has 15 heavy (non-hydrogen) atoms. The van der Waals surface area contributed by atoms with Crippen molar-refractivity contribution < 1.29 is 27.5 Å². The van der Waals surface area contributed by atoms with Gasteiger partial charge in [0.25, 0.3) is 0 Å². The zero-order valence-corrected chi connectivity index (χ0v) is 8.49. The Morgan fingerprint density at radius 3 is 2.27 bits per heavy atom. The SMILES string of the molecule is O=C(O)c1cc(F)c(C(F)(F)F)cc1Br. The second-order valence-corrected chi connectivity index (χ2v) is 3.47. The van der Waals surface area contributed by atoms with Crippen LogP contribution in [0.15, 0.2) is 16.6 Å². The van der Waals surface area contributed by atoms with Gasteiger partial charge in [0.2, 0.25) is 0 Å². The highest BCUT2D eigenvalue weighted by molar-refractivity contribution is 9.10. The average molecular weight is 287 g/mol. The molecule has 0 atom stereocenters. The van der Waals surface area contributed by atoms with Crippen LogP contribution < -0.4 is 0 Å². The molecule has 0 aromatic heterocycles. The quantitative estimate of drug-likeness (QED) is 0.805. The number of alkyl halides is 3. The Morgan fingerprint density at radius 1 is 1.33 bits per heavy atom. The van der Waals surface area contributed by atoms with Gasteiger partial charge < -0.3 is 5.11 Å². The number of halogens is 5. The molecule has 0 aliphatic rings. The predicted octanol–water partition coefficient (Wildman–Crippen LogP) is 3.31. The number of carboxylic acid groups (broad SMARTS) is 1. The van der Waals surface area contributed by atoms with Gasteiger partial charge in [-0.1, -0.05) is 0 Å². The second-order valence-electron chi connectivity index (χ2n) is 2.61. The lowest BCUT2D eigenvalue weighted by atomic mass is 10.1. The van der Waals surface area contributed by atoms with Gasteiger partial charge in [-0.2, -0.15) is 13.2 Å². The third-order valence-corrected chi connectivity index (χ3v) is 2.25. The predicted molar refractivity (Wildman–Crippen MR) is 46.1 cm³/mol. The minimum atomic E-state index is -4.84. The normalized spacial score (nSPS) is 11.5. The standard InChI is InChI=1S/C8H3BrF4O2/c9-5-2-4(8(11,12)13)6(10)1-3(5)7(14)15/h1-2H,(H,14,15). The number of aromatic carboxylic acids is 1. The Hall–Kier alpha value is -1.11. The Balaban J connectivity index is 3.39. The molecule has 1 N–H and O–H groups in total. The molecule has 1 aromatic rings. The number of hydrogen-bond donors (Lipinski definition) is 1. The molecule has 82 valence electrons. The molecular formula is C8H3BrF4O2. The summed E-state index contributed by atoms with van der Waals surface area (Å²) >= 11 is 2.63. The lowest BCUT2D eigenvalue weighted by Crippen LogP contribution is -2.10. The maximum Gasteiger partial charge on any atom is 0.419 e. The first-order valence-corrected chi connectivity index (χ1v) is 4.32. The van der Waals surface area contributed by atoms with Crippen LogP contribution >= 0.6 is 15.9 Å². The fourth-order valence-electron chi connectivity index (χ4n) is 0.928. The lowest BCUT2D eigenvalue weighted by molar-refractivity contribution is -0.140. The molecule has 2 nitrogen and oxygen atoms in total. The van der Waals surface area contributed by atoms with Gasteiger partial charge in [0, 0.05) is 4.47 Å². The number of carboxylic acids is 1. The van der Waals surface area contributed by atoms with Crippen LogP contribution in [-0.4, -0.2) is 11.1 Å². The number of carbonyl (C=O) groups is 1. The minimum Gasteiger partial charge on any atom is -0.478 e. The van der Waals surface area contributed by atoms with Gasteiger partial charge in [0.1, 0.15) is 5.82 Å². The van der Waals surface area contributed by atoms with Gasteiger partial charge in [-0.15, -0.1) is 0 Å². The van der Waals surface area contributed by atoms with Crippen LogP contribution in [0.1, 0.15) is 15.9 Å². The van der Waals surface area contributed by atoms with Gasteiger partial charge in [-0.05, 0) is 28.1 Å². The molecule has 0 radical (unpaired) electrons. The summed E-state index contributed by atoms with van der Waals surface area (Å²) in [6.07, 6.45) is -4.84. The number of hydrogen-bond acceptors (Lipinski definition) is 1. The summed E-state index contributed by atoms with van der Waals surface area (Å²) in [5.74, 6) is -3.11. The van der Waals surface area contributed by atoms with Crippen molar-refractivity contribution in [2.75, 3.05) is 0 Å². The highest BCUT2D eigenvalue weighted by Gasteiger charge is 2.35. The highest BCUT2D eigenvalue weighted by Crippen LogP contribution is 2.34. The van der Waals surface area contributed by atoms with Gasteiger partial charge in [-0.25, -0.2) is 9.18 Å². The van der Waals surface area contributed by atoms with Crippen LogP contribution in [0.25, 0.3) is 0 Å². The van der Waals surface area contributed by atoms with E-state index in [9.17, 15) is 22.4 Å². The van der Waals surface area contributed by atoms with Crippen molar-refractivity contribution in [3.05, 3.63) is 33.5 Å². The first-order valence-electron chi connectivity index (χ1n) is 3.53. The zero-order chi connectivity index (χ0) is 11.8. The molecule has 0 saturated heterocycles. The monoisotopic (exact) mass is 286 g/mol. The third kappa shape index (κ3) is 2.47. The van der Waals surface area contributed by atoms with Crippen molar-refractivity contribution in [1.29, 1.82) is 0 Å². The lowest BCUT2D eigenvalue weighted by Gasteiger charge is -2.09. The summed E-state index contributed by atoms with van der Waals surface area (Å²) in [6.45, 7) is 0. The second kappa shape index (κ2) is 3.80. The molecule has 0 aliphatic carbocycles. The van der Waals surface area contributed by atoms with E-state index in [1.165, 1.54) is 0 Å². The summed E-state index contributed by atoms with van der Waals surface area (Å²) in [5.41, 5.74) is -2.06. The molecule has 1 rings (SSSR count). The van der Waals surface area contributed by atoms with Crippen LogP contribution in [0, 0.1) is 5.82 Å². The maximum absolute atomic E-state index is 12.9. The highest BCUT2D eigenvalue weighted by atomic mass is 79.9. The fourth-order valence-corrected chi connectivity index (χ4v) is 1.44. The molecule has 0 heterocycles. The van der Waals surface area contributed by atoms with E-state index in [1.807, 2.05) is 0 Å². The van der Waals surface area contributed by atoms with Crippen molar-refractivity contribution in [3.8, 4) is 0 Å². The van der Waals surface area contributed by atoms with Crippen molar-refractivity contribution in [2.45, 2.75) is 6.18 Å². The Bertz CT molecular complexity index is 414. The molecular weight excluding hydrogens is 284 g/mol. The molecule has 7 heteroatoms. The summed E-state index contributed by atoms with van der Waals surface area (Å²) in [4.78, 5) is 10.5. The summed E-state index contributed by atoms with van der Waals surface area (Å²) in [6, 6.07) is 0.730. The summed E-state index contributed by atoms with van der Waals surface area (Å²) < 4.78 is 49.0. The zero-order valence-electron chi connectivity index (χ0n) is 6.90. The van der Waals surface area contributed by atoms with Gasteiger partial charge >= 0.3 is 12.1 Å². The largest absolute Gasteiger partial charge is 0.478 e. The first-order chi connectivity index (χ1) is 6.73. The van der Waals surface area contributed by atoms with E-state index in [4.69, 9.17) is 5.11 Å². The molecule has 0 spiro atoms. The van der Waals surface area contributed by atoms with E-state index >= 15 is 0 Å². The Labute approximate surface area is 89.6 Å².